The molecule has 1 aliphatic rings. The van der Waals surface area contributed by atoms with Crippen LogP contribution < -0.4 is 5.56 Å². The summed E-state index contributed by atoms with van der Waals surface area (Å²) in [6.07, 6.45) is 1.49. The van der Waals surface area contributed by atoms with Crippen LogP contribution in [-0.4, -0.2) is 52.8 Å². The van der Waals surface area contributed by atoms with Crippen molar-refractivity contribution in [3.8, 4) is 11.5 Å². The van der Waals surface area contributed by atoms with Crippen molar-refractivity contribution in [1.82, 2.24) is 14.8 Å². The van der Waals surface area contributed by atoms with Crippen LogP contribution in [0.3, 0.4) is 0 Å². The van der Waals surface area contributed by atoms with E-state index in [1.165, 1.54) is 34.3 Å². The van der Waals surface area contributed by atoms with Gasteiger partial charge in [0.05, 0.1) is 17.5 Å². The van der Waals surface area contributed by atoms with Gasteiger partial charge in [-0.05, 0) is 42.5 Å². The zero-order valence-corrected chi connectivity index (χ0v) is 16.5. The van der Waals surface area contributed by atoms with Crippen LogP contribution in [0.2, 0.25) is 5.02 Å². The molecule has 9 heteroatoms. The lowest BCUT2D eigenvalue weighted by atomic mass is 10.1. The van der Waals surface area contributed by atoms with Crippen LogP contribution >= 0.6 is 11.6 Å². The molecule has 0 saturated carbocycles. The summed E-state index contributed by atoms with van der Waals surface area (Å²) in [6.45, 7) is 0.899. The predicted octanol–water partition coefficient (Wildman–Crippen LogP) is 3.03. The van der Waals surface area contributed by atoms with Crippen molar-refractivity contribution in [2.24, 2.45) is 0 Å². The molecule has 2 aromatic heterocycles. The highest BCUT2D eigenvalue weighted by atomic mass is 35.5. The number of H-pyrrole nitrogens is 1. The van der Waals surface area contributed by atoms with E-state index in [-0.39, 0.29) is 42.3 Å². The number of amides is 2. The largest absolute Gasteiger partial charge is 0.463 e. The summed E-state index contributed by atoms with van der Waals surface area (Å²) in [5, 5.41) is 0.269. The minimum Gasteiger partial charge on any atom is -0.463 e. The smallest absolute Gasteiger partial charge is 0.261 e. The lowest BCUT2D eigenvalue weighted by Crippen LogP contribution is -2.51. The van der Waals surface area contributed by atoms with Gasteiger partial charge in [-0.15, -0.1) is 0 Å². The Hall–Kier alpha value is -3.39. The Balaban J connectivity index is 1.44. The van der Waals surface area contributed by atoms with Gasteiger partial charge >= 0.3 is 0 Å². The third-order valence-electron chi connectivity index (χ3n) is 4.94. The molecular formula is C21H17ClFN3O4. The van der Waals surface area contributed by atoms with E-state index in [0.29, 0.717) is 11.5 Å². The highest BCUT2D eigenvalue weighted by Gasteiger charge is 2.28. The van der Waals surface area contributed by atoms with Gasteiger partial charge in [-0.1, -0.05) is 11.6 Å². The molecule has 1 fully saturated rings. The van der Waals surface area contributed by atoms with Crippen molar-refractivity contribution in [2.45, 2.75) is 0 Å². The number of carbonyl (C=O) groups is 2. The number of furan rings is 1. The van der Waals surface area contributed by atoms with E-state index in [1.54, 1.807) is 18.2 Å². The Kier molecular flexibility index (Phi) is 5.41. The molecule has 0 atom stereocenters. The molecule has 0 spiro atoms. The van der Waals surface area contributed by atoms with Gasteiger partial charge in [0.1, 0.15) is 17.1 Å². The zero-order valence-electron chi connectivity index (χ0n) is 15.7. The number of aromatic amines is 1. The van der Waals surface area contributed by atoms with Gasteiger partial charge in [-0.3, -0.25) is 14.4 Å². The minimum atomic E-state index is -0.647. The maximum Gasteiger partial charge on any atom is 0.261 e. The average molecular weight is 430 g/mol. The number of benzene rings is 1. The second kappa shape index (κ2) is 8.16. The molecular weight excluding hydrogens is 413 g/mol. The molecule has 7 nitrogen and oxygen atoms in total. The van der Waals surface area contributed by atoms with E-state index < -0.39 is 23.2 Å². The normalized spacial score (nSPS) is 14.1. The number of hydrogen-bond acceptors (Lipinski definition) is 4. The fourth-order valence-electron chi connectivity index (χ4n) is 3.33. The Bertz CT molecular complexity index is 1150. The van der Waals surface area contributed by atoms with E-state index >= 15 is 0 Å². The average Bonchev–Trinajstić information content (AvgIpc) is 3.29. The molecule has 2 amide bonds. The number of piperazine rings is 1. The first-order valence-electron chi connectivity index (χ1n) is 9.25. The molecule has 0 aliphatic carbocycles. The van der Waals surface area contributed by atoms with Gasteiger partial charge < -0.3 is 19.2 Å². The fourth-order valence-corrected chi connectivity index (χ4v) is 3.50. The van der Waals surface area contributed by atoms with E-state index in [4.69, 9.17) is 16.0 Å². The first-order valence-corrected chi connectivity index (χ1v) is 9.62. The minimum absolute atomic E-state index is 0.00553. The van der Waals surface area contributed by atoms with Gasteiger partial charge in [0.2, 0.25) is 0 Å². The van der Waals surface area contributed by atoms with E-state index in [0.717, 1.165) is 6.07 Å². The van der Waals surface area contributed by atoms with Crippen LogP contribution in [0, 0.1) is 5.82 Å². The lowest BCUT2D eigenvalue weighted by molar-refractivity contribution is 0.0532. The number of pyridine rings is 1. The van der Waals surface area contributed by atoms with E-state index in [1.807, 2.05) is 0 Å². The molecule has 1 saturated heterocycles. The van der Waals surface area contributed by atoms with E-state index in [9.17, 15) is 18.8 Å². The molecule has 30 heavy (non-hydrogen) atoms. The van der Waals surface area contributed by atoms with Crippen molar-refractivity contribution in [3.63, 3.8) is 0 Å². The molecule has 0 unspecified atom stereocenters. The van der Waals surface area contributed by atoms with Crippen molar-refractivity contribution in [3.05, 3.63) is 81.0 Å². The summed E-state index contributed by atoms with van der Waals surface area (Å²) < 4.78 is 19.2. The third kappa shape index (κ3) is 3.86. The summed E-state index contributed by atoms with van der Waals surface area (Å²) in [5.74, 6) is -1.07. The zero-order chi connectivity index (χ0) is 21.3. The van der Waals surface area contributed by atoms with Gasteiger partial charge in [0.15, 0.2) is 0 Å². The van der Waals surface area contributed by atoms with Crippen molar-refractivity contribution < 1.29 is 18.4 Å². The van der Waals surface area contributed by atoms with Crippen LogP contribution in [0.1, 0.15) is 20.7 Å². The molecule has 1 aliphatic heterocycles. The molecule has 0 radical (unpaired) electrons. The fraction of sp³-hybridized carbons (Fsp3) is 0.190. The van der Waals surface area contributed by atoms with Crippen LogP contribution in [-0.2, 0) is 0 Å². The Labute approximate surface area is 175 Å². The summed E-state index contributed by atoms with van der Waals surface area (Å²) in [7, 11) is 0. The van der Waals surface area contributed by atoms with Gasteiger partial charge in [0, 0.05) is 31.2 Å². The Morgan fingerprint density at radius 1 is 0.967 bits per heavy atom. The highest BCUT2D eigenvalue weighted by molar-refractivity contribution is 6.31. The summed E-state index contributed by atoms with van der Waals surface area (Å²) >= 11 is 5.86. The predicted molar refractivity (Wildman–Crippen MR) is 108 cm³/mol. The SMILES string of the molecule is O=C(c1cc(Cl)ccc1F)N1CCN(C(=O)c2ccc(-c3ccco3)[nH]c2=O)CC1. The summed E-state index contributed by atoms with van der Waals surface area (Å²) in [4.78, 5) is 43.3. The van der Waals surface area contributed by atoms with Crippen molar-refractivity contribution >= 4 is 23.4 Å². The quantitative estimate of drug-likeness (QED) is 0.693. The number of hydrogen-bond donors (Lipinski definition) is 1. The van der Waals surface area contributed by atoms with Crippen LogP contribution in [0.4, 0.5) is 4.39 Å². The second-order valence-electron chi connectivity index (χ2n) is 6.80. The molecule has 3 aromatic rings. The molecule has 0 bridgehead atoms. The maximum absolute atomic E-state index is 14.0. The number of halogens is 2. The van der Waals surface area contributed by atoms with Crippen LogP contribution in [0.25, 0.3) is 11.5 Å². The molecule has 154 valence electrons. The monoisotopic (exact) mass is 429 g/mol. The van der Waals surface area contributed by atoms with Gasteiger partial charge in [0.25, 0.3) is 17.4 Å². The summed E-state index contributed by atoms with van der Waals surface area (Å²) in [5.41, 5.74) is -0.146. The first kappa shape index (κ1) is 19.9. The van der Waals surface area contributed by atoms with Crippen LogP contribution in [0.5, 0.6) is 0 Å². The molecule has 4 rings (SSSR count). The number of rotatable bonds is 3. The second-order valence-corrected chi connectivity index (χ2v) is 7.24. The number of nitrogens with one attached hydrogen (secondary N) is 1. The lowest BCUT2D eigenvalue weighted by Gasteiger charge is -2.34. The topological polar surface area (TPSA) is 86.6 Å². The first-order chi connectivity index (χ1) is 14.4. The highest BCUT2D eigenvalue weighted by Crippen LogP contribution is 2.19. The van der Waals surface area contributed by atoms with Crippen molar-refractivity contribution in [2.75, 3.05) is 26.2 Å². The maximum atomic E-state index is 14.0. The molecule has 1 aromatic carbocycles. The number of carbonyl (C=O) groups excluding carboxylic acids is 2. The number of aromatic nitrogens is 1. The third-order valence-corrected chi connectivity index (χ3v) is 5.17. The van der Waals surface area contributed by atoms with E-state index in [2.05, 4.69) is 4.98 Å². The Morgan fingerprint density at radius 2 is 1.63 bits per heavy atom. The summed E-state index contributed by atoms with van der Waals surface area (Å²) in [6, 6.07) is 10.3. The van der Waals surface area contributed by atoms with Gasteiger partial charge in [-0.2, -0.15) is 0 Å². The number of nitrogens with zero attached hydrogens (tertiary/aromatic N) is 2. The molecule has 1 N–H and O–H groups in total. The van der Waals surface area contributed by atoms with Crippen LogP contribution in [0.15, 0.2) is 57.9 Å². The van der Waals surface area contributed by atoms with Gasteiger partial charge in [-0.25, -0.2) is 4.39 Å². The van der Waals surface area contributed by atoms with Crippen molar-refractivity contribution in [1.29, 1.82) is 0 Å². The Morgan fingerprint density at radius 3 is 2.23 bits per heavy atom. The molecule has 3 heterocycles. The standard InChI is InChI=1S/C21H17ClFN3O4/c22-13-3-5-16(23)15(12-13)21(29)26-9-7-25(8-10-26)20(28)14-4-6-17(24-19(14)27)18-2-1-11-30-18/h1-6,11-12H,7-10H2,(H,24,27).